The molecule has 1 saturated heterocycles. The third-order valence-corrected chi connectivity index (χ3v) is 8.34. The smallest absolute Gasteiger partial charge is 0.326 e. The molecular weight excluding hydrogens is 576 g/mol. The Balaban J connectivity index is 1.52. The topological polar surface area (TPSA) is 92.8 Å². The molecule has 1 saturated carbocycles. The summed E-state index contributed by atoms with van der Waals surface area (Å²) in [7, 11) is 0. The number of rotatable bonds is 5. The predicted molar refractivity (Wildman–Crippen MR) is 117 cm³/mol. The van der Waals surface area contributed by atoms with Crippen molar-refractivity contribution in [2.75, 3.05) is 18.5 Å². The van der Waals surface area contributed by atoms with Crippen molar-refractivity contribution in [1.29, 1.82) is 0 Å². The zero-order chi connectivity index (χ0) is 21.3. The molecule has 7 nitrogen and oxygen atoms in total. The molecule has 2 fully saturated rings. The van der Waals surface area contributed by atoms with Crippen LogP contribution in [0.3, 0.4) is 0 Å². The molecule has 29 heavy (non-hydrogen) atoms. The lowest BCUT2D eigenvalue weighted by molar-refractivity contribution is -0.154. The minimum atomic E-state index is -0.793. The van der Waals surface area contributed by atoms with Crippen molar-refractivity contribution in [3.8, 4) is 0 Å². The van der Waals surface area contributed by atoms with E-state index < -0.39 is 36.9 Å². The fourth-order valence-corrected chi connectivity index (χ4v) is 5.31. The van der Waals surface area contributed by atoms with E-state index in [-0.39, 0.29) is 21.5 Å². The molecule has 1 aromatic carbocycles. The van der Waals surface area contributed by atoms with E-state index in [2.05, 4.69) is 53.1 Å². The molecule has 3 amide bonds. The number of fused-ring (bicyclic) bond motifs is 1. The molecule has 1 heterocycles. The molecule has 0 aromatic heterocycles. The van der Waals surface area contributed by atoms with Crippen molar-refractivity contribution >= 4 is 77.2 Å². The average Bonchev–Trinajstić information content (AvgIpc) is 2.87. The number of benzene rings is 1. The van der Waals surface area contributed by atoms with Crippen molar-refractivity contribution in [2.45, 2.75) is 29.4 Å². The van der Waals surface area contributed by atoms with Gasteiger partial charge in [0.2, 0.25) is 11.8 Å². The maximum absolute atomic E-state index is 12.6. The molecule has 0 bridgehead atoms. The molecule has 10 heteroatoms. The van der Waals surface area contributed by atoms with E-state index in [1.165, 1.54) is 0 Å². The lowest BCUT2D eigenvalue weighted by atomic mass is 9.81. The van der Waals surface area contributed by atoms with Gasteiger partial charge in [-0.1, -0.05) is 47.8 Å². The second-order valence-electron chi connectivity index (χ2n) is 7.15. The molecule has 3 rings (SSSR count). The number of amides is 3. The van der Waals surface area contributed by atoms with Crippen LogP contribution in [0.1, 0.15) is 18.4 Å². The van der Waals surface area contributed by atoms with Crippen LogP contribution in [-0.2, 0) is 23.9 Å². The normalized spacial score (nSPS) is 26.3. The molecular formula is C19H19Br3N2O5. The highest BCUT2D eigenvalue weighted by Gasteiger charge is 2.52. The number of imide groups is 1. The molecule has 4 atom stereocenters. The van der Waals surface area contributed by atoms with Gasteiger partial charge in [-0.2, -0.15) is 0 Å². The van der Waals surface area contributed by atoms with Gasteiger partial charge in [-0.3, -0.25) is 24.1 Å². The summed E-state index contributed by atoms with van der Waals surface area (Å²) in [5, 5.41) is 2.66. The number of hydrogen-bond acceptors (Lipinski definition) is 5. The largest absolute Gasteiger partial charge is 0.454 e. The van der Waals surface area contributed by atoms with Gasteiger partial charge >= 0.3 is 5.97 Å². The van der Waals surface area contributed by atoms with Crippen LogP contribution in [0.2, 0.25) is 0 Å². The summed E-state index contributed by atoms with van der Waals surface area (Å²) in [6.45, 7) is 0.866. The van der Waals surface area contributed by atoms with Gasteiger partial charge in [0.25, 0.3) is 5.91 Å². The van der Waals surface area contributed by atoms with Crippen LogP contribution < -0.4 is 5.32 Å². The van der Waals surface area contributed by atoms with Gasteiger partial charge in [-0.05, 0) is 43.5 Å². The maximum Gasteiger partial charge on any atom is 0.326 e. The van der Waals surface area contributed by atoms with E-state index in [9.17, 15) is 19.2 Å². The third kappa shape index (κ3) is 5.08. The van der Waals surface area contributed by atoms with E-state index in [4.69, 9.17) is 4.74 Å². The molecule has 1 aliphatic heterocycles. The molecule has 0 unspecified atom stereocenters. The lowest BCUT2D eigenvalue weighted by Crippen LogP contribution is -2.37. The van der Waals surface area contributed by atoms with E-state index in [1.807, 2.05) is 13.0 Å². The summed E-state index contributed by atoms with van der Waals surface area (Å²) in [4.78, 5) is 50.4. The zero-order valence-corrected chi connectivity index (χ0v) is 20.3. The number of carbonyl (C=O) groups is 4. The SMILES string of the molecule is Cc1cc(Br)ccc1NC(=O)COC(=O)CN1C(=O)[C@@H]2C[C@H](Br)[C@@H](Br)C[C@H]2C1=O. The Labute approximate surface area is 193 Å². The number of esters is 1. The van der Waals surface area contributed by atoms with Gasteiger partial charge in [-0.25, -0.2) is 0 Å². The van der Waals surface area contributed by atoms with Crippen molar-refractivity contribution in [1.82, 2.24) is 4.90 Å². The number of nitrogens with zero attached hydrogens (tertiary/aromatic N) is 1. The van der Waals surface area contributed by atoms with Gasteiger partial charge in [0.1, 0.15) is 6.54 Å². The lowest BCUT2D eigenvalue weighted by Gasteiger charge is -2.29. The van der Waals surface area contributed by atoms with Crippen LogP contribution in [0.5, 0.6) is 0 Å². The Kier molecular flexibility index (Phi) is 7.16. The monoisotopic (exact) mass is 592 g/mol. The van der Waals surface area contributed by atoms with Crippen LogP contribution in [0.15, 0.2) is 22.7 Å². The molecule has 1 N–H and O–H groups in total. The molecule has 0 spiro atoms. The first-order chi connectivity index (χ1) is 13.7. The number of anilines is 1. The van der Waals surface area contributed by atoms with Crippen LogP contribution in [0.25, 0.3) is 0 Å². The minimum Gasteiger partial charge on any atom is -0.454 e. The van der Waals surface area contributed by atoms with Gasteiger partial charge in [-0.15, -0.1) is 0 Å². The summed E-state index contributed by atoms with van der Waals surface area (Å²) >= 11 is 10.4. The number of halogens is 3. The van der Waals surface area contributed by atoms with Crippen molar-refractivity contribution in [2.24, 2.45) is 11.8 Å². The van der Waals surface area contributed by atoms with E-state index in [1.54, 1.807) is 12.1 Å². The summed E-state index contributed by atoms with van der Waals surface area (Å²) in [5.74, 6) is -2.83. The fraction of sp³-hybridized carbons (Fsp3) is 0.474. The van der Waals surface area contributed by atoms with Crippen molar-refractivity contribution < 1.29 is 23.9 Å². The Morgan fingerprint density at radius 3 is 2.28 bits per heavy atom. The minimum absolute atomic E-state index is 0.0955. The number of ether oxygens (including phenoxy) is 1. The Morgan fingerprint density at radius 2 is 1.72 bits per heavy atom. The number of carbonyl (C=O) groups excluding carboxylic acids is 4. The maximum atomic E-state index is 12.6. The van der Waals surface area contributed by atoms with Gasteiger partial charge < -0.3 is 10.1 Å². The molecule has 1 aliphatic carbocycles. The molecule has 156 valence electrons. The molecule has 1 aromatic rings. The highest BCUT2D eigenvalue weighted by atomic mass is 79.9. The van der Waals surface area contributed by atoms with Crippen molar-refractivity contribution in [3.63, 3.8) is 0 Å². The number of aryl methyl sites for hydroxylation is 1. The van der Waals surface area contributed by atoms with E-state index >= 15 is 0 Å². The summed E-state index contributed by atoms with van der Waals surface area (Å²) in [6.07, 6.45) is 1.07. The number of hydrogen-bond donors (Lipinski definition) is 1. The van der Waals surface area contributed by atoms with E-state index in [0.717, 1.165) is 14.9 Å². The second kappa shape index (κ2) is 9.26. The van der Waals surface area contributed by atoms with E-state index in [0.29, 0.717) is 18.5 Å². The first-order valence-corrected chi connectivity index (χ1v) is 11.6. The van der Waals surface area contributed by atoms with Gasteiger partial charge in [0, 0.05) is 19.8 Å². The quantitative estimate of drug-likeness (QED) is 0.321. The van der Waals surface area contributed by atoms with Crippen molar-refractivity contribution in [3.05, 3.63) is 28.2 Å². The Bertz CT molecular complexity index is 834. The number of alkyl halides is 2. The van der Waals surface area contributed by atoms with Crippen LogP contribution >= 0.6 is 47.8 Å². The Hall–Kier alpha value is -1.26. The summed E-state index contributed by atoms with van der Waals surface area (Å²) in [6, 6.07) is 5.37. The number of nitrogens with one attached hydrogen (secondary N) is 1. The third-order valence-electron chi connectivity index (χ3n) is 5.12. The highest BCUT2D eigenvalue weighted by Crippen LogP contribution is 2.43. The van der Waals surface area contributed by atoms with Crippen LogP contribution in [-0.4, -0.2) is 51.4 Å². The first kappa shape index (κ1) is 22.4. The molecule has 2 aliphatic rings. The van der Waals surface area contributed by atoms with Crippen LogP contribution in [0, 0.1) is 18.8 Å². The summed E-state index contributed by atoms with van der Waals surface area (Å²) in [5.41, 5.74) is 1.46. The van der Waals surface area contributed by atoms with Gasteiger partial charge in [0.15, 0.2) is 6.61 Å². The fourth-order valence-electron chi connectivity index (χ4n) is 3.59. The molecule has 0 radical (unpaired) electrons. The zero-order valence-electron chi connectivity index (χ0n) is 15.5. The second-order valence-corrected chi connectivity index (χ2v) is 10.4. The van der Waals surface area contributed by atoms with Gasteiger partial charge in [0.05, 0.1) is 11.8 Å². The average molecular weight is 595 g/mol. The Morgan fingerprint density at radius 1 is 1.14 bits per heavy atom. The predicted octanol–water partition coefficient (Wildman–Crippen LogP) is 3.16. The highest BCUT2D eigenvalue weighted by molar-refractivity contribution is 9.12. The first-order valence-electron chi connectivity index (χ1n) is 9.02. The van der Waals surface area contributed by atoms with Crippen LogP contribution in [0.4, 0.5) is 5.69 Å². The summed E-state index contributed by atoms with van der Waals surface area (Å²) < 4.78 is 5.86. The standard InChI is InChI=1S/C19H19Br3N2O5/c1-9-4-10(20)2-3-15(9)23-16(25)8-29-17(26)7-24-18(27)11-5-13(21)14(22)6-12(11)19(24)28/h2-4,11-14H,5-8H2,1H3,(H,23,25)/t11-,12-,13+,14+/m1/s1. The number of likely N-dealkylation sites (tertiary alicyclic amines) is 1.